The van der Waals surface area contributed by atoms with Crippen molar-refractivity contribution in [2.75, 3.05) is 26.2 Å². The lowest BCUT2D eigenvalue weighted by Crippen LogP contribution is -2.27. The van der Waals surface area contributed by atoms with Crippen molar-refractivity contribution >= 4 is 0 Å². The molecular weight excluding hydrogens is 174 g/mol. The van der Waals surface area contributed by atoms with Gasteiger partial charge in [-0.2, -0.15) is 0 Å². The summed E-state index contributed by atoms with van der Waals surface area (Å²) in [5.41, 5.74) is 0. The summed E-state index contributed by atoms with van der Waals surface area (Å²) < 4.78 is 5.28. The van der Waals surface area contributed by atoms with Crippen LogP contribution >= 0.6 is 0 Å². The second kappa shape index (κ2) is 10.6. The predicted molar refractivity (Wildman–Crippen MR) is 62.4 cm³/mol. The van der Waals surface area contributed by atoms with Crippen LogP contribution in [0.25, 0.3) is 0 Å². The minimum absolute atomic E-state index is 0.842. The molecule has 0 aliphatic carbocycles. The SMILES string of the molecule is C/C=C\OCCCN(CCC)CCC. The lowest BCUT2D eigenvalue weighted by Gasteiger charge is -2.20. The molecule has 0 fully saturated rings. The molecule has 0 saturated carbocycles. The molecule has 0 atom stereocenters. The van der Waals surface area contributed by atoms with Crippen LogP contribution in [0.4, 0.5) is 0 Å². The van der Waals surface area contributed by atoms with E-state index in [4.69, 9.17) is 4.74 Å². The molecule has 84 valence electrons. The van der Waals surface area contributed by atoms with Gasteiger partial charge >= 0.3 is 0 Å². The Morgan fingerprint density at radius 2 is 1.71 bits per heavy atom. The normalized spacial score (nSPS) is 11.4. The van der Waals surface area contributed by atoms with Crippen molar-refractivity contribution in [1.29, 1.82) is 0 Å². The van der Waals surface area contributed by atoms with Gasteiger partial charge in [-0.05, 0) is 39.3 Å². The van der Waals surface area contributed by atoms with Crippen LogP contribution < -0.4 is 0 Å². The summed E-state index contributed by atoms with van der Waals surface area (Å²) >= 11 is 0. The van der Waals surface area contributed by atoms with E-state index in [2.05, 4.69) is 18.7 Å². The Labute approximate surface area is 88.9 Å². The molecule has 0 aliphatic heterocycles. The highest BCUT2D eigenvalue weighted by molar-refractivity contribution is 4.65. The first-order valence-electron chi connectivity index (χ1n) is 5.80. The molecule has 0 aromatic heterocycles. The fraction of sp³-hybridized carbons (Fsp3) is 0.833. The molecule has 0 saturated heterocycles. The molecule has 2 nitrogen and oxygen atoms in total. The van der Waals surface area contributed by atoms with Gasteiger partial charge in [-0.1, -0.05) is 19.9 Å². The Hall–Kier alpha value is -0.500. The Morgan fingerprint density at radius 1 is 1.07 bits per heavy atom. The fourth-order valence-corrected chi connectivity index (χ4v) is 1.50. The number of ether oxygens (including phenoxy) is 1. The molecule has 0 spiro atoms. The topological polar surface area (TPSA) is 12.5 Å². The summed E-state index contributed by atoms with van der Waals surface area (Å²) in [6.45, 7) is 10.9. The minimum atomic E-state index is 0.842. The maximum Gasteiger partial charge on any atom is 0.0885 e. The predicted octanol–water partition coefficient (Wildman–Crippen LogP) is 3.05. The Balaban J connectivity index is 3.39. The Bertz CT molecular complexity index is 128. The molecule has 0 amide bonds. The van der Waals surface area contributed by atoms with E-state index in [9.17, 15) is 0 Å². The van der Waals surface area contributed by atoms with Crippen molar-refractivity contribution in [3.8, 4) is 0 Å². The summed E-state index contributed by atoms with van der Waals surface area (Å²) in [5.74, 6) is 0. The molecule has 0 N–H and O–H groups in total. The van der Waals surface area contributed by atoms with E-state index in [1.54, 1.807) is 6.26 Å². The minimum Gasteiger partial charge on any atom is -0.501 e. The highest BCUT2D eigenvalue weighted by Gasteiger charge is 2.00. The third-order valence-corrected chi connectivity index (χ3v) is 2.05. The van der Waals surface area contributed by atoms with Gasteiger partial charge in [0.2, 0.25) is 0 Å². The molecule has 0 rings (SSSR count). The molecule has 0 bridgehead atoms. The van der Waals surface area contributed by atoms with Crippen molar-refractivity contribution < 1.29 is 4.74 Å². The highest BCUT2D eigenvalue weighted by atomic mass is 16.5. The largest absolute Gasteiger partial charge is 0.501 e. The molecule has 0 aliphatic rings. The number of allylic oxidation sites excluding steroid dienone is 1. The summed E-state index contributed by atoms with van der Waals surface area (Å²) in [5, 5.41) is 0. The van der Waals surface area contributed by atoms with Gasteiger partial charge in [0.25, 0.3) is 0 Å². The van der Waals surface area contributed by atoms with E-state index in [1.807, 2.05) is 13.0 Å². The lowest BCUT2D eigenvalue weighted by atomic mass is 10.3. The third kappa shape index (κ3) is 8.11. The number of nitrogens with zero attached hydrogens (tertiary/aromatic N) is 1. The van der Waals surface area contributed by atoms with Crippen LogP contribution in [0.2, 0.25) is 0 Å². The van der Waals surface area contributed by atoms with Crippen LogP contribution in [0.3, 0.4) is 0 Å². The van der Waals surface area contributed by atoms with E-state index >= 15 is 0 Å². The van der Waals surface area contributed by atoms with Gasteiger partial charge in [0, 0.05) is 6.54 Å². The molecule has 0 radical (unpaired) electrons. The maximum absolute atomic E-state index is 5.28. The van der Waals surface area contributed by atoms with Crippen LogP contribution in [0.1, 0.15) is 40.0 Å². The molecule has 2 heteroatoms. The zero-order chi connectivity index (χ0) is 10.6. The van der Waals surface area contributed by atoms with Crippen molar-refractivity contribution in [3.05, 3.63) is 12.3 Å². The molecule has 0 heterocycles. The second-order valence-corrected chi connectivity index (χ2v) is 3.54. The highest BCUT2D eigenvalue weighted by Crippen LogP contribution is 1.96. The van der Waals surface area contributed by atoms with E-state index in [0.29, 0.717) is 0 Å². The molecule has 0 aromatic rings. The van der Waals surface area contributed by atoms with Gasteiger partial charge < -0.3 is 9.64 Å². The van der Waals surface area contributed by atoms with E-state index < -0.39 is 0 Å². The Kier molecular flexibility index (Phi) is 10.2. The van der Waals surface area contributed by atoms with Gasteiger partial charge in [-0.15, -0.1) is 0 Å². The van der Waals surface area contributed by atoms with Crippen molar-refractivity contribution in [2.45, 2.75) is 40.0 Å². The Morgan fingerprint density at radius 3 is 2.21 bits per heavy atom. The summed E-state index contributed by atoms with van der Waals surface area (Å²) in [6.07, 6.45) is 7.32. The second-order valence-electron chi connectivity index (χ2n) is 3.54. The van der Waals surface area contributed by atoms with E-state index in [-0.39, 0.29) is 0 Å². The van der Waals surface area contributed by atoms with Crippen LogP contribution in [0.15, 0.2) is 12.3 Å². The van der Waals surface area contributed by atoms with Gasteiger partial charge in [0.1, 0.15) is 0 Å². The monoisotopic (exact) mass is 199 g/mol. The van der Waals surface area contributed by atoms with Crippen LogP contribution in [-0.2, 0) is 4.74 Å². The van der Waals surface area contributed by atoms with Crippen molar-refractivity contribution in [1.82, 2.24) is 4.90 Å². The summed E-state index contributed by atoms with van der Waals surface area (Å²) in [4.78, 5) is 2.51. The fourth-order valence-electron chi connectivity index (χ4n) is 1.50. The van der Waals surface area contributed by atoms with Gasteiger partial charge in [-0.25, -0.2) is 0 Å². The maximum atomic E-state index is 5.28. The smallest absolute Gasteiger partial charge is 0.0885 e. The average Bonchev–Trinajstić information content (AvgIpc) is 2.18. The quantitative estimate of drug-likeness (QED) is 0.418. The first kappa shape index (κ1) is 13.5. The molecule has 0 aromatic carbocycles. The first-order chi connectivity index (χ1) is 6.85. The van der Waals surface area contributed by atoms with Crippen LogP contribution in [0.5, 0.6) is 0 Å². The van der Waals surface area contributed by atoms with Gasteiger partial charge in [0.05, 0.1) is 12.9 Å². The summed E-state index contributed by atoms with van der Waals surface area (Å²) in [6, 6.07) is 0. The third-order valence-electron chi connectivity index (χ3n) is 2.05. The molecule has 0 unspecified atom stereocenters. The van der Waals surface area contributed by atoms with Gasteiger partial charge in [0.15, 0.2) is 0 Å². The van der Waals surface area contributed by atoms with Crippen LogP contribution in [0, 0.1) is 0 Å². The average molecular weight is 199 g/mol. The lowest BCUT2D eigenvalue weighted by molar-refractivity contribution is 0.204. The van der Waals surface area contributed by atoms with Crippen molar-refractivity contribution in [2.24, 2.45) is 0 Å². The van der Waals surface area contributed by atoms with Crippen molar-refractivity contribution in [3.63, 3.8) is 0 Å². The zero-order valence-electron chi connectivity index (χ0n) is 9.96. The standard InChI is InChI=1S/C12H25NO/c1-4-8-13(9-5-2)10-7-12-14-11-6-3/h6,11H,4-5,7-10,12H2,1-3H3/b11-6-. The van der Waals surface area contributed by atoms with E-state index in [1.165, 1.54) is 32.5 Å². The molecular formula is C12H25NO. The van der Waals surface area contributed by atoms with E-state index in [0.717, 1.165) is 13.0 Å². The number of hydrogen-bond acceptors (Lipinski definition) is 2. The first-order valence-corrected chi connectivity index (χ1v) is 5.80. The number of hydrogen-bond donors (Lipinski definition) is 0. The number of rotatable bonds is 9. The van der Waals surface area contributed by atoms with Gasteiger partial charge in [-0.3, -0.25) is 0 Å². The van der Waals surface area contributed by atoms with Crippen LogP contribution in [-0.4, -0.2) is 31.1 Å². The summed E-state index contributed by atoms with van der Waals surface area (Å²) in [7, 11) is 0. The molecule has 14 heavy (non-hydrogen) atoms. The zero-order valence-corrected chi connectivity index (χ0v) is 9.96.